The molecule has 0 atom stereocenters. The van der Waals surface area contributed by atoms with Gasteiger partial charge in [0, 0.05) is 12.1 Å². The molecule has 0 fully saturated rings. The number of hydrogen-bond donors (Lipinski definition) is 3. The maximum atomic E-state index is 12.5. The van der Waals surface area contributed by atoms with E-state index in [0.717, 1.165) is 16.9 Å². The van der Waals surface area contributed by atoms with Crippen LogP contribution >= 0.6 is 22.9 Å². The molecule has 1 heterocycles. The zero-order chi connectivity index (χ0) is 20.1. The standard InChI is InChI=1S/C20H15ClN2O4S/c21-16-10-15(18(25)22-11-12-4-2-1-3-5-12)19(28-16)23-17(24)13-6-8-14(9-7-13)20(26)27/h1-10H,11H2,(H,22,25)(H,23,24)(H,26,27). The second-order valence-electron chi connectivity index (χ2n) is 5.80. The molecular weight excluding hydrogens is 400 g/mol. The number of anilines is 1. The van der Waals surface area contributed by atoms with E-state index in [-0.39, 0.29) is 22.6 Å². The highest BCUT2D eigenvalue weighted by molar-refractivity contribution is 7.20. The van der Waals surface area contributed by atoms with Crippen LogP contribution in [0.5, 0.6) is 0 Å². The van der Waals surface area contributed by atoms with Crippen LogP contribution in [0.1, 0.15) is 36.6 Å². The van der Waals surface area contributed by atoms with Crippen molar-refractivity contribution < 1.29 is 19.5 Å². The van der Waals surface area contributed by atoms with Crippen LogP contribution in [0.25, 0.3) is 0 Å². The number of rotatable bonds is 6. The Hall–Kier alpha value is -3.16. The lowest BCUT2D eigenvalue weighted by Gasteiger charge is -2.08. The molecule has 142 valence electrons. The number of carbonyl (C=O) groups excluding carboxylic acids is 2. The molecule has 6 nitrogen and oxygen atoms in total. The van der Waals surface area contributed by atoms with Crippen LogP contribution in [0.3, 0.4) is 0 Å². The van der Waals surface area contributed by atoms with Crippen LogP contribution in [0, 0.1) is 0 Å². The number of carbonyl (C=O) groups is 3. The summed E-state index contributed by atoms with van der Waals surface area (Å²) in [6.07, 6.45) is 0. The predicted molar refractivity (Wildman–Crippen MR) is 108 cm³/mol. The Morgan fingerprint density at radius 2 is 1.57 bits per heavy atom. The van der Waals surface area contributed by atoms with Crippen molar-refractivity contribution in [2.45, 2.75) is 6.54 Å². The molecule has 0 saturated carbocycles. The monoisotopic (exact) mass is 414 g/mol. The van der Waals surface area contributed by atoms with Crippen LogP contribution in [-0.4, -0.2) is 22.9 Å². The lowest BCUT2D eigenvalue weighted by Crippen LogP contribution is -2.24. The van der Waals surface area contributed by atoms with Crippen molar-refractivity contribution in [3.63, 3.8) is 0 Å². The Balaban J connectivity index is 1.71. The van der Waals surface area contributed by atoms with Gasteiger partial charge in [-0.3, -0.25) is 9.59 Å². The highest BCUT2D eigenvalue weighted by Crippen LogP contribution is 2.32. The summed E-state index contributed by atoms with van der Waals surface area (Å²) >= 11 is 7.11. The van der Waals surface area contributed by atoms with Gasteiger partial charge in [-0.15, -0.1) is 11.3 Å². The summed E-state index contributed by atoms with van der Waals surface area (Å²) in [6, 6.07) is 16.4. The van der Waals surface area contributed by atoms with Crippen LogP contribution in [0.2, 0.25) is 4.34 Å². The Morgan fingerprint density at radius 1 is 0.929 bits per heavy atom. The van der Waals surface area contributed by atoms with Crippen molar-refractivity contribution in [3.8, 4) is 0 Å². The van der Waals surface area contributed by atoms with Gasteiger partial charge in [-0.05, 0) is 35.9 Å². The fraction of sp³-hybridized carbons (Fsp3) is 0.0500. The molecule has 1 aromatic heterocycles. The van der Waals surface area contributed by atoms with E-state index in [1.807, 2.05) is 30.3 Å². The number of halogens is 1. The van der Waals surface area contributed by atoms with Crippen LogP contribution in [0.15, 0.2) is 60.7 Å². The van der Waals surface area contributed by atoms with Crippen molar-refractivity contribution in [1.82, 2.24) is 5.32 Å². The van der Waals surface area contributed by atoms with Gasteiger partial charge in [0.05, 0.1) is 15.5 Å². The number of hydrogen-bond acceptors (Lipinski definition) is 4. The van der Waals surface area contributed by atoms with Crippen LogP contribution in [-0.2, 0) is 6.54 Å². The summed E-state index contributed by atoms with van der Waals surface area (Å²) in [5.41, 5.74) is 1.56. The Labute approximate surface area is 169 Å². The fourth-order valence-corrected chi connectivity index (χ4v) is 3.55. The van der Waals surface area contributed by atoms with Gasteiger partial charge in [-0.2, -0.15) is 0 Å². The van der Waals surface area contributed by atoms with E-state index in [0.29, 0.717) is 15.9 Å². The molecule has 3 aromatic rings. The molecule has 0 aliphatic heterocycles. The predicted octanol–water partition coefficient (Wildman–Crippen LogP) is 4.28. The third kappa shape index (κ3) is 4.76. The maximum absolute atomic E-state index is 12.5. The Morgan fingerprint density at radius 3 is 2.21 bits per heavy atom. The van der Waals surface area contributed by atoms with Gasteiger partial charge in [0.2, 0.25) is 0 Å². The summed E-state index contributed by atoms with van der Waals surface area (Å²) in [6.45, 7) is 0.344. The van der Waals surface area contributed by atoms with Gasteiger partial charge in [0.1, 0.15) is 5.00 Å². The van der Waals surface area contributed by atoms with Gasteiger partial charge in [0.25, 0.3) is 11.8 Å². The molecule has 0 bridgehead atoms. The van der Waals surface area contributed by atoms with E-state index in [9.17, 15) is 14.4 Å². The molecule has 3 N–H and O–H groups in total. The van der Waals surface area contributed by atoms with Gasteiger partial charge in [-0.1, -0.05) is 41.9 Å². The van der Waals surface area contributed by atoms with Crippen molar-refractivity contribution in [3.05, 3.63) is 87.3 Å². The summed E-state index contributed by atoms with van der Waals surface area (Å²) in [5.74, 6) is -1.90. The van der Waals surface area contributed by atoms with E-state index in [2.05, 4.69) is 10.6 Å². The van der Waals surface area contributed by atoms with E-state index in [4.69, 9.17) is 16.7 Å². The molecule has 28 heavy (non-hydrogen) atoms. The third-order valence-electron chi connectivity index (χ3n) is 3.86. The quantitative estimate of drug-likeness (QED) is 0.561. The number of carboxylic acids is 1. The van der Waals surface area contributed by atoms with Crippen molar-refractivity contribution in [2.75, 3.05) is 5.32 Å². The number of thiophene rings is 1. The summed E-state index contributed by atoms with van der Waals surface area (Å²) in [5, 5.41) is 14.7. The number of amides is 2. The molecule has 0 saturated heterocycles. The normalized spacial score (nSPS) is 10.3. The fourth-order valence-electron chi connectivity index (χ4n) is 2.44. The topological polar surface area (TPSA) is 95.5 Å². The number of carboxylic acid groups (broad SMARTS) is 1. The highest BCUT2D eigenvalue weighted by Gasteiger charge is 2.18. The number of nitrogens with one attached hydrogen (secondary N) is 2. The second-order valence-corrected chi connectivity index (χ2v) is 7.48. The first-order chi connectivity index (χ1) is 13.4. The highest BCUT2D eigenvalue weighted by atomic mass is 35.5. The first-order valence-electron chi connectivity index (χ1n) is 8.20. The maximum Gasteiger partial charge on any atom is 0.335 e. The second kappa shape index (κ2) is 8.69. The van der Waals surface area contributed by atoms with Gasteiger partial charge >= 0.3 is 5.97 Å². The minimum atomic E-state index is -1.07. The molecule has 3 rings (SSSR count). The first-order valence-corrected chi connectivity index (χ1v) is 9.39. The minimum Gasteiger partial charge on any atom is -0.478 e. The molecular formula is C20H15ClN2O4S. The third-order valence-corrected chi connectivity index (χ3v) is 5.04. The molecule has 8 heteroatoms. The smallest absolute Gasteiger partial charge is 0.335 e. The van der Waals surface area contributed by atoms with Gasteiger partial charge in [0.15, 0.2) is 0 Å². The summed E-state index contributed by atoms with van der Waals surface area (Å²) in [7, 11) is 0. The minimum absolute atomic E-state index is 0.0803. The first kappa shape index (κ1) is 19.6. The molecule has 0 aliphatic carbocycles. The van der Waals surface area contributed by atoms with Crippen LogP contribution < -0.4 is 10.6 Å². The van der Waals surface area contributed by atoms with E-state index in [1.54, 1.807) is 0 Å². The lowest BCUT2D eigenvalue weighted by atomic mass is 10.1. The Bertz CT molecular complexity index is 1020. The van der Waals surface area contributed by atoms with Crippen molar-refractivity contribution in [1.29, 1.82) is 0 Å². The Kier molecular flexibility index (Phi) is 6.08. The van der Waals surface area contributed by atoms with Gasteiger partial charge in [-0.25, -0.2) is 4.79 Å². The number of aromatic carboxylic acids is 1. The van der Waals surface area contributed by atoms with Crippen LogP contribution in [0.4, 0.5) is 5.00 Å². The lowest BCUT2D eigenvalue weighted by molar-refractivity contribution is 0.0696. The zero-order valence-electron chi connectivity index (χ0n) is 14.4. The van der Waals surface area contributed by atoms with E-state index < -0.39 is 11.9 Å². The zero-order valence-corrected chi connectivity index (χ0v) is 16.0. The molecule has 0 radical (unpaired) electrons. The molecule has 0 spiro atoms. The molecule has 2 amide bonds. The average molecular weight is 415 g/mol. The van der Waals surface area contributed by atoms with Crippen molar-refractivity contribution in [2.24, 2.45) is 0 Å². The van der Waals surface area contributed by atoms with Crippen molar-refractivity contribution >= 4 is 45.7 Å². The molecule has 0 unspecified atom stereocenters. The number of benzene rings is 2. The molecule has 0 aliphatic rings. The largest absolute Gasteiger partial charge is 0.478 e. The summed E-state index contributed by atoms with van der Waals surface area (Å²) < 4.78 is 0.362. The SMILES string of the molecule is O=C(O)c1ccc(C(=O)Nc2sc(Cl)cc2C(=O)NCc2ccccc2)cc1. The van der Waals surface area contributed by atoms with Gasteiger partial charge < -0.3 is 15.7 Å². The summed E-state index contributed by atoms with van der Waals surface area (Å²) in [4.78, 5) is 35.8. The molecule has 2 aromatic carbocycles. The van der Waals surface area contributed by atoms with E-state index in [1.165, 1.54) is 30.3 Å². The van der Waals surface area contributed by atoms with E-state index >= 15 is 0 Å². The average Bonchev–Trinajstić information content (AvgIpc) is 3.07.